The largest absolute Gasteiger partial charge is 0.361 e. The second-order valence-electron chi connectivity index (χ2n) is 7.38. The number of aromatic nitrogens is 5. The van der Waals surface area contributed by atoms with Crippen LogP contribution in [0.4, 0.5) is 5.82 Å². The summed E-state index contributed by atoms with van der Waals surface area (Å²) in [6, 6.07) is 2.60. The van der Waals surface area contributed by atoms with Crippen molar-refractivity contribution in [2.75, 3.05) is 25.0 Å². The van der Waals surface area contributed by atoms with Crippen LogP contribution in [-0.2, 0) is 13.0 Å². The zero-order chi connectivity index (χ0) is 17.7. The topological polar surface area (TPSA) is 75.6 Å². The summed E-state index contributed by atoms with van der Waals surface area (Å²) in [7, 11) is 2.15. The maximum absolute atomic E-state index is 5.46. The van der Waals surface area contributed by atoms with Crippen LogP contribution in [0.1, 0.15) is 43.0 Å². The lowest BCUT2D eigenvalue weighted by Crippen LogP contribution is -2.58. The maximum Gasteiger partial charge on any atom is 0.203 e. The van der Waals surface area contributed by atoms with Gasteiger partial charge in [0.25, 0.3) is 0 Å². The monoisotopic (exact) mass is 353 g/mol. The van der Waals surface area contributed by atoms with Crippen LogP contribution >= 0.6 is 0 Å². The van der Waals surface area contributed by atoms with Gasteiger partial charge in [-0.05, 0) is 19.9 Å². The normalized spacial score (nSPS) is 18.0. The third-order valence-electron chi connectivity index (χ3n) is 5.45. The smallest absolute Gasteiger partial charge is 0.203 e. The number of aryl methyl sites for hydroxylation is 1. The second kappa shape index (κ2) is 6.05. The van der Waals surface area contributed by atoms with Crippen LogP contribution in [0.5, 0.6) is 0 Å². The van der Waals surface area contributed by atoms with Gasteiger partial charge in [-0.2, -0.15) is 0 Å². The van der Waals surface area contributed by atoms with Crippen molar-refractivity contribution in [1.82, 2.24) is 29.6 Å². The lowest BCUT2D eigenvalue weighted by Gasteiger charge is -2.44. The molecule has 26 heavy (non-hydrogen) atoms. The van der Waals surface area contributed by atoms with Gasteiger partial charge in [-0.1, -0.05) is 12.1 Å². The molecule has 0 spiro atoms. The molecule has 1 saturated carbocycles. The first-order valence-electron chi connectivity index (χ1n) is 9.32. The highest BCUT2D eigenvalue weighted by atomic mass is 16.5. The van der Waals surface area contributed by atoms with Gasteiger partial charge in [0.1, 0.15) is 11.6 Å². The molecule has 8 heteroatoms. The minimum Gasteiger partial charge on any atom is -0.361 e. The third-order valence-corrected chi connectivity index (χ3v) is 5.45. The average molecular weight is 353 g/mol. The Balaban J connectivity index is 1.24. The number of hydrogen-bond acceptors (Lipinski definition) is 7. The van der Waals surface area contributed by atoms with Gasteiger partial charge in [-0.15, -0.1) is 10.2 Å². The highest BCUT2D eigenvalue weighted by molar-refractivity contribution is 5.65. The third kappa shape index (κ3) is 2.65. The quantitative estimate of drug-likeness (QED) is 0.669. The molecule has 136 valence electrons. The Morgan fingerprint density at radius 1 is 1.27 bits per heavy atom. The molecule has 3 aromatic heterocycles. The van der Waals surface area contributed by atoms with Crippen molar-refractivity contribution in [3.63, 3.8) is 0 Å². The maximum atomic E-state index is 5.46. The average Bonchev–Trinajstić information content (AvgIpc) is 3.20. The molecule has 0 atom stereocenters. The van der Waals surface area contributed by atoms with E-state index >= 15 is 0 Å². The van der Waals surface area contributed by atoms with Gasteiger partial charge < -0.3 is 9.42 Å². The summed E-state index contributed by atoms with van der Waals surface area (Å²) in [6.07, 6.45) is 7.10. The van der Waals surface area contributed by atoms with E-state index in [1.165, 1.54) is 12.8 Å². The molecule has 0 unspecified atom stereocenters. The van der Waals surface area contributed by atoms with E-state index in [-0.39, 0.29) is 0 Å². The van der Waals surface area contributed by atoms with E-state index in [0.29, 0.717) is 12.0 Å². The van der Waals surface area contributed by atoms with Crippen molar-refractivity contribution in [1.29, 1.82) is 0 Å². The number of anilines is 1. The van der Waals surface area contributed by atoms with Crippen LogP contribution < -0.4 is 4.90 Å². The fourth-order valence-corrected chi connectivity index (χ4v) is 3.58. The Morgan fingerprint density at radius 2 is 2.12 bits per heavy atom. The molecule has 1 saturated heterocycles. The van der Waals surface area contributed by atoms with Crippen LogP contribution in [0.3, 0.4) is 0 Å². The van der Waals surface area contributed by atoms with Crippen molar-refractivity contribution in [2.24, 2.45) is 0 Å². The molecule has 0 bridgehead atoms. The summed E-state index contributed by atoms with van der Waals surface area (Å²) in [5, 5.41) is 12.8. The molecule has 5 rings (SSSR count). The molecule has 3 aromatic rings. The van der Waals surface area contributed by atoms with Crippen molar-refractivity contribution < 1.29 is 4.52 Å². The van der Waals surface area contributed by atoms with Crippen LogP contribution in [0.15, 0.2) is 23.0 Å². The molecule has 1 aliphatic heterocycles. The lowest BCUT2D eigenvalue weighted by atomic mass is 10.1. The summed E-state index contributed by atoms with van der Waals surface area (Å²) in [5.41, 5.74) is 1.87. The van der Waals surface area contributed by atoms with E-state index in [0.717, 1.165) is 54.8 Å². The highest BCUT2D eigenvalue weighted by Gasteiger charge is 2.33. The van der Waals surface area contributed by atoms with Gasteiger partial charge in [0.15, 0.2) is 5.82 Å². The van der Waals surface area contributed by atoms with Crippen LogP contribution in [0, 0.1) is 0 Å². The predicted molar refractivity (Wildman–Crippen MR) is 96.1 cm³/mol. The van der Waals surface area contributed by atoms with E-state index in [1.54, 1.807) is 0 Å². The Morgan fingerprint density at radius 3 is 2.88 bits per heavy atom. The molecule has 0 radical (unpaired) electrons. The highest BCUT2D eigenvalue weighted by Crippen LogP contribution is 2.40. The van der Waals surface area contributed by atoms with Crippen molar-refractivity contribution in [3.8, 4) is 0 Å². The van der Waals surface area contributed by atoms with Crippen molar-refractivity contribution >= 4 is 11.5 Å². The molecule has 2 aliphatic rings. The molecule has 4 heterocycles. The molecular formula is C18H23N7O. The van der Waals surface area contributed by atoms with E-state index in [2.05, 4.69) is 50.2 Å². The number of hydrogen-bond donors (Lipinski definition) is 0. The van der Waals surface area contributed by atoms with Crippen molar-refractivity contribution in [2.45, 2.75) is 44.7 Å². The second-order valence-corrected chi connectivity index (χ2v) is 7.38. The van der Waals surface area contributed by atoms with Crippen LogP contribution in [0.25, 0.3) is 5.65 Å². The van der Waals surface area contributed by atoms with Gasteiger partial charge in [0, 0.05) is 56.5 Å². The fraction of sp³-hybridized carbons (Fsp3) is 0.556. The Kier molecular flexibility index (Phi) is 3.66. The first-order chi connectivity index (χ1) is 12.7. The summed E-state index contributed by atoms with van der Waals surface area (Å²) >= 11 is 0. The lowest BCUT2D eigenvalue weighted by molar-refractivity contribution is 0.192. The Labute approximate surface area is 151 Å². The molecule has 0 aromatic carbocycles. The molecule has 8 nitrogen and oxygen atoms in total. The minimum absolute atomic E-state index is 0.478. The molecular weight excluding hydrogens is 330 g/mol. The Bertz CT molecular complexity index is 923. The van der Waals surface area contributed by atoms with E-state index in [4.69, 9.17) is 4.52 Å². The molecule has 1 aliphatic carbocycles. The van der Waals surface area contributed by atoms with E-state index in [9.17, 15) is 0 Å². The molecule has 0 amide bonds. The zero-order valence-electron chi connectivity index (χ0n) is 15.2. The molecule has 0 N–H and O–H groups in total. The van der Waals surface area contributed by atoms with Gasteiger partial charge in [-0.25, -0.2) is 4.98 Å². The first-order valence-corrected chi connectivity index (χ1v) is 9.32. The number of nitrogens with zero attached hydrogens (tertiary/aromatic N) is 7. The standard InChI is InChI=1S/C18H23N7O/c1-3-16-20-21-18-17(19-6-7-25(16)18)24-10-14(11-24)23(2)9-13-8-15(26-22-13)12-4-5-12/h6-8,12,14H,3-5,9-11H2,1-2H3. The number of fused-ring (bicyclic) bond motifs is 1. The summed E-state index contributed by atoms with van der Waals surface area (Å²) < 4.78 is 7.49. The minimum atomic E-state index is 0.478. The van der Waals surface area contributed by atoms with Gasteiger partial charge in [0.2, 0.25) is 5.65 Å². The van der Waals surface area contributed by atoms with Gasteiger partial charge in [-0.3, -0.25) is 9.30 Å². The fourth-order valence-electron chi connectivity index (χ4n) is 3.58. The first kappa shape index (κ1) is 15.7. The zero-order valence-corrected chi connectivity index (χ0v) is 15.2. The van der Waals surface area contributed by atoms with Gasteiger partial charge >= 0.3 is 0 Å². The van der Waals surface area contributed by atoms with E-state index in [1.807, 2.05) is 16.8 Å². The number of likely N-dealkylation sites (N-methyl/N-ethyl adjacent to an activating group) is 1. The van der Waals surface area contributed by atoms with Gasteiger partial charge in [0.05, 0.1) is 5.69 Å². The van der Waals surface area contributed by atoms with Crippen molar-refractivity contribution in [3.05, 3.63) is 35.7 Å². The SMILES string of the molecule is CCc1nnc2c(N3CC(N(C)Cc4cc(C5CC5)on4)C3)nccn12. The predicted octanol–water partition coefficient (Wildman–Crippen LogP) is 1.87. The Hall–Kier alpha value is -2.48. The summed E-state index contributed by atoms with van der Waals surface area (Å²) in [4.78, 5) is 9.15. The van der Waals surface area contributed by atoms with E-state index < -0.39 is 0 Å². The van der Waals surface area contributed by atoms with Crippen LogP contribution in [0.2, 0.25) is 0 Å². The number of rotatable bonds is 6. The summed E-state index contributed by atoms with van der Waals surface area (Å²) in [5.74, 6) is 3.55. The molecule has 2 fully saturated rings. The van der Waals surface area contributed by atoms with Crippen LogP contribution in [-0.4, -0.2) is 55.8 Å². The summed E-state index contributed by atoms with van der Waals surface area (Å²) in [6.45, 7) is 4.77.